The molecule has 0 radical (unpaired) electrons. The van der Waals surface area contributed by atoms with E-state index in [4.69, 9.17) is 9.47 Å². The Hall–Kier alpha value is -3.31. The molecule has 150 valence electrons. The Balaban J connectivity index is 1.36. The number of carbonyl (C=O) groups excluding carboxylic acids is 1. The van der Waals surface area contributed by atoms with Crippen molar-refractivity contribution >= 4 is 38.3 Å². The number of rotatable bonds is 6. The molecule has 1 unspecified atom stereocenters. The topological polar surface area (TPSA) is 47.6 Å². The second-order valence-electron chi connectivity index (χ2n) is 6.84. The molecule has 1 amide bonds. The summed E-state index contributed by atoms with van der Waals surface area (Å²) in [6.45, 7) is 1.73. The van der Waals surface area contributed by atoms with Crippen molar-refractivity contribution in [2.75, 3.05) is 5.32 Å². The zero-order valence-electron chi connectivity index (χ0n) is 16.3. The van der Waals surface area contributed by atoms with Gasteiger partial charge in [0.15, 0.2) is 6.10 Å². The van der Waals surface area contributed by atoms with E-state index in [0.29, 0.717) is 17.2 Å². The van der Waals surface area contributed by atoms with Crippen molar-refractivity contribution in [3.63, 3.8) is 0 Å². The summed E-state index contributed by atoms with van der Waals surface area (Å²) >= 11 is 3.47. The monoisotopic (exact) mass is 461 g/mol. The Morgan fingerprint density at radius 2 is 1.43 bits per heavy atom. The number of amides is 1. The van der Waals surface area contributed by atoms with Gasteiger partial charge in [-0.05, 0) is 78.4 Å². The first kappa shape index (κ1) is 20.0. The molecule has 0 aliphatic heterocycles. The SMILES string of the molecule is CC(Oc1ccc2cc(Br)ccc2c1)C(=O)Nc1ccc(Oc2ccccc2)cc1. The van der Waals surface area contributed by atoms with E-state index >= 15 is 0 Å². The van der Waals surface area contributed by atoms with Crippen LogP contribution in [-0.4, -0.2) is 12.0 Å². The van der Waals surface area contributed by atoms with Crippen molar-refractivity contribution in [1.82, 2.24) is 0 Å². The number of ether oxygens (including phenoxy) is 2. The molecule has 4 aromatic carbocycles. The standard InChI is InChI=1S/C25H20BrNO3/c1-17(29-24-12-8-18-15-20(26)9-7-19(18)16-24)25(28)27-21-10-13-23(14-11-21)30-22-5-3-2-4-6-22/h2-17H,1H3,(H,27,28). The molecule has 0 bridgehead atoms. The third kappa shape index (κ3) is 4.99. The minimum absolute atomic E-state index is 0.220. The van der Waals surface area contributed by atoms with Crippen molar-refractivity contribution in [1.29, 1.82) is 0 Å². The average Bonchev–Trinajstić information content (AvgIpc) is 2.76. The number of anilines is 1. The molecule has 0 saturated heterocycles. The molecule has 0 aliphatic rings. The van der Waals surface area contributed by atoms with Crippen LogP contribution in [0.15, 0.2) is 95.5 Å². The molecule has 30 heavy (non-hydrogen) atoms. The maximum atomic E-state index is 12.5. The molecule has 0 fully saturated rings. The predicted octanol–water partition coefficient (Wildman–Crippen LogP) is 6.80. The van der Waals surface area contributed by atoms with Crippen LogP contribution in [0.5, 0.6) is 17.2 Å². The van der Waals surface area contributed by atoms with Gasteiger partial charge in [-0.1, -0.05) is 46.3 Å². The minimum atomic E-state index is -0.641. The molecule has 0 aliphatic carbocycles. The maximum Gasteiger partial charge on any atom is 0.265 e. The normalized spacial score (nSPS) is 11.7. The molecule has 4 nitrogen and oxygen atoms in total. The smallest absolute Gasteiger partial charge is 0.265 e. The molecular weight excluding hydrogens is 442 g/mol. The van der Waals surface area contributed by atoms with Crippen LogP contribution in [0.2, 0.25) is 0 Å². The number of fused-ring (bicyclic) bond motifs is 1. The Bertz CT molecular complexity index is 1160. The highest BCUT2D eigenvalue weighted by Gasteiger charge is 2.15. The Kier molecular flexibility index (Phi) is 6.00. The molecule has 1 atom stereocenters. The molecular formula is C25H20BrNO3. The van der Waals surface area contributed by atoms with E-state index in [9.17, 15) is 4.79 Å². The first-order valence-corrected chi connectivity index (χ1v) is 10.4. The number of carbonyl (C=O) groups is 1. The molecule has 5 heteroatoms. The molecule has 4 rings (SSSR count). The summed E-state index contributed by atoms with van der Waals surface area (Å²) in [6, 6.07) is 28.6. The lowest BCUT2D eigenvalue weighted by molar-refractivity contribution is -0.122. The van der Waals surface area contributed by atoms with Gasteiger partial charge in [-0.3, -0.25) is 4.79 Å². The highest BCUT2D eigenvalue weighted by molar-refractivity contribution is 9.10. The second-order valence-corrected chi connectivity index (χ2v) is 7.76. The number of benzene rings is 4. The number of halogens is 1. The third-order valence-electron chi connectivity index (χ3n) is 4.56. The van der Waals surface area contributed by atoms with Crippen molar-refractivity contribution in [3.8, 4) is 17.2 Å². The number of nitrogens with one attached hydrogen (secondary N) is 1. The van der Waals surface area contributed by atoms with Gasteiger partial charge >= 0.3 is 0 Å². The van der Waals surface area contributed by atoms with E-state index in [2.05, 4.69) is 21.2 Å². The summed E-state index contributed by atoms with van der Waals surface area (Å²) in [5.74, 6) is 1.90. The van der Waals surface area contributed by atoms with E-state index in [-0.39, 0.29) is 5.91 Å². The quantitative estimate of drug-likeness (QED) is 0.343. The fourth-order valence-corrected chi connectivity index (χ4v) is 3.38. The zero-order chi connectivity index (χ0) is 20.9. The fraction of sp³-hybridized carbons (Fsp3) is 0.0800. The van der Waals surface area contributed by atoms with Crippen molar-refractivity contribution in [2.45, 2.75) is 13.0 Å². The van der Waals surface area contributed by atoms with Crippen LogP contribution < -0.4 is 14.8 Å². The van der Waals surface area contributed by atoms with Gasteiger partial charge in [0.2, 0.25) is 0 Å². The van der Waals surface area contributed by atoms with Crippen LogP contribution >= 0.6 is 15.9 Å². The van der Waals surface area contributed by atoms with Crippen LogP contribution in [0.4, 0.5) is 5.69 Å². The van der Waals surface area contributed by atoms with Crippen LogP contribution in [0.3, 0.4) is 0 Å². The first-order valence-electron chi connectivity index (χ1n) is 9.57. The highest BCUT2D eigenvalue weighted by atomic mass is 79.9. The van der Waals surface area contributed by atoms with E-state index in [0.717, 1.165) is 21.0 Å². The Morgan fingerprint density at radius 1 is 0.800 bits per heavy atom. The van der Waals surface area contributed by atoms with E-state index in [1.807, 2.05) is 78.9 Å². The molecule has 0 aromatic heterocycles. The van der Waals surface area contributed by atoms with Gasteiger partial charge in [0.05, 0.1) is 0 Å². The van der Waals surface area contributed by atoms with Crippen LogP contribution in [0.25, 0.3) is 10.8 Å². The Morgan fingerprint density at radius 3 is 2.20 bits per heavy atom. The fourth-order valence-electron chi connectivity index (χ4n) is 3.00. The molecule has 0 spiro atoms. The second kappa shape index (κ2) is 9.01. The van der Waals surface area contributed by atoms with Gasteiger partial charge in [-0.2, -0.15) is 0 Å². The lowest BCUT2D eigenvalue weighted by Crippen LogP contribution is -2.30. The van der Waals surface area contributed by atoms with E-state index in [1.54, 1.807) is 19.1 Å². The summed E-state index contributed by atoms with van der Waals surface area (Å²) in [7, 11) is 0. The van der Waals surface area contributed by atoms with Crippen molar-refractivity contribution < 1.29 is 14.3 Å². The van der Waals surface area contributed by atoms with Gasteiger partial charge in [0, 0.05) is 10.2 Å². The van der Waals surface area contributed by atoms with Crippen molar-refractivity contribution in [2.24, 2.45) is 0 Å². The van der Waals surface area contributed by atoms with E-state index in [1.165, 1.54) is 0 Å². The van der Waals surface area contributed by atoms with Crippen LogP contribution in [0, 0.1) is 0 Å². The zero-order valence-corrected chi connectivity index (χ0v) is 17.9. The van der Waals surface area contributed by atoms with Crippen LogP contribution in [-0.2, 0) is 4.79 Å². The summed E-state index contributed by atoms with van der Waals surface area (Å²) in [6.07, 6.45) is -0.641. The lowest BCUT2D eigenvalue weighted by atomic mass is 10.1. The third-order valence-corrected chi connectivity index (χ3v) is 5.05. The van der Waals surface area contributed by atoms with Gasteiger partial charge in [-0.15, -0.1) is 0 Å². The summed E-state index contributed by atoms with van der Waals surface area (Å²) < 4.78 is 12.6. The molecule has 1 N–H and O–H groups in total. The van der Waals surface area contributed by atoms with Crippen LogP contribution in [0.1, 0.15) is 6.92 Å². The average molecular weight is 462 g/mol. The summed E-state index contributed by atoms with van der Waals surface area (Å²) in [5.41, 5.74) is 0.680. The van der Waals surface area contributed by atoms with Gasteiger partial charge in [0.25, 0.3) is 5.91 Å². The Labute approximate surface area is 183 Å². The summed E-state index contributed by atoms with van der Waals surface area (Å²) in [5, 5.41) is 5.03. The highest BCUT2D eigenvalue weighted by Crippen LogP contribution is 2.25. The first-order chi connectivity index (χ1) is 14.6. The molecule has 4 aromatic rings. The lowest BCUT2D eigenvalue weighted by Gasteiger charge is -2.15. The van der Waals surface area contributed by atoms with E-state index < -0.39 is 6.10 Å². The molecule has 0 saturated carbocycles. The van der Waals surface area contributed by atoms with Gasteiger partial charge in [-0.25, -0.2) is 0 Å². The summed E-state index contributed by atoms with van der Waals surface area (Å²) in [4.78, 5) is 12.5. The van der Waals surface area contributed by atoms with Gasteiger partial charge < -0.3 is 14.8 Å². The number of hydrogen-bond donors (Lipinski definition) is 1. The maximum absolute atomic E-state index is 12.5. The predicted molar refractivity (Wildman–Crippen MR) is 123 cm³/mol. The number of hydrogen-bond acceptors (Lipinski definition) is 3. The minimum Gasteiger partial charge on any atom is -0.481 e. The van der Waals surface area contributed by atoms with Crippen molar-refractivity contribution in [3.05, 3.63) is 95.5 Å². The van der Waals surface area contributed by atoms with Gasteiger partial charge in [0.1, 0.15) is 17.2 Å². The number of para-hydroxylation sites is 1. The largest absolute Gasteiger partial charge is 0.481 e. The molecule has 0 heterocycles.